The van der Waals surface area contributed by atoms with Crippen LogP contribution < -0.4 is 4.70 Å². The average Bonchev–Trinajstić information content (AvgIpc) is 1.89. The number of hydrogen-bond donors (Lipinski definition) is 0. The Morgan fingerprint density at radius 1 is 1.30 bits per heavy atom. The van der Waals surface area contributed by atoms with E-state index in [1.807, 2.05) is 0 Å². The van der Waals surface area contributed by atoms with Gasteiger partial charge in [0.05, 0.1) is 0 Å². The Bertz CT molecular complexity index is 254. The van der Waals surface area contributed by atoms with E-state index in [1.165, 1.54) is 18.2 Å². The zero-order valence-corrected chi connectivity index (χ0v) is 4.96. The van der Waals surface area contributed by atoms with Crippen molar-refractivity contribution in [2.75, 3.05) is 0 Å². The maximum Gasteiger partial charge on any atom is 0.420 e. The Morgan fingerprint density at radius 3 is 2.30 bits per heavy atom. The minimum absolute atomic E-state index is 0. The molecule has 4 heteroatoms. The fraction of sp³-hybridized carbons (Fsp3) is 0. The van der Waals surface area contributed by atoms with Crippen molar-refractivity contribution in [2.45, 2.75) is 0 Å². The van der Waals surface area contributed by atoms with Crippen molar-refractivity contribution in [1.82, 2.24) is 0 Å². The van der Waals surface area contributed by atoms with E-state index in [2.05, 4.69) is 4.98 Å². The molecule has 0 atom stereocenters. The van der Waals surface area contributed by atoms with E-state index in [-0.39, 0.29) is 10.4 Å². The first kappa shape index (κ1) is 8.50. The lowest BCUT2D eigenvalue weighted by molar-refractivity contribution is -0.00000263. The zero-order valence-electron chi connectivity index (χ0n) is 4.96. The van der Waals surface area contributed by atoms with Crippen LogP contribution in [0.2, 0.25) is 0 Å². The van der Waals surface area contributed by atoms with Crippen LogP contribution in [0.1, 0.15) is 0 Å². The molecule has 0 heterocycles. The monoisotopic (exact) mass is 142 g/mol. The fourth-order valence-corrected chi connectivity index (χ4v) is 0.533. The van der Waals surface area contributed by atoms with Gasteiger partial charge in [-0.1, -0.05) is 12.1 Å². The van der Waals surface area contributed by atoms with E-state index >= 15 is 0 Å². The summed E-state index contributed by atoms with van der Waals surface area (Å²) in [6, 6.07) is 5.74. The maximum absolute atomic E-state index is 12.3. The van der Waals surface area contributed by atoms with Crippen molar-refractivity contribution in [2.24, 2.45) is 0 Å². The van der Waals surface area contributed by atoms with Crippen molar-refractivity contribution in [1.29, 1.82) is 5.39 Å². The highest BCUT2D eigenvalue weighted by atomic mass is 19.1. The van der Waals surface area contributed by atoms with Gasteiger partial charge in [0, 0.05) is 6.07 Å². The SMILES string of the molecule is N#[N+]c1ccccc1F.[F-]. The molecule has 10 heavy (non-hydrogen) atoms. The molecular formula is C6H4F2N2. The van der Waals surface area contributed by atoms with Crippen LogP contribution in [0.15, 0.2) is 24.3 Å². The van der Waals surface area contributed by atoms with E-state index < -0.39 is 5.82 Å². The van der Waals surface area contributed by atoms with E-state index in [9.17, 15) is 4.39 Å². The summed E-state index contributed by atoms with van der Waals surface area (Å²) in [5.41, 5.74) is -0.0301. The van der Waals surface area contributed by atoms with E-state index in [4.69, 9.17) is 5.39 Å². The van der Waals surface area contributed by atoms with Crippen LogP contribution in [0, 0.1) is 11.2 Å². The van der Waals surface area contributed by atoms with Crippen molar-refractivity contribution in [3.05, 3.63) is 35.1 Å². The molecule has 0 radical (unpaired) electrons. The number of halogens is 2. The fourth-order valence-electron chi connectivity index (χ4n) is 0.533. The van der Waals surface area contributed by atoms with Crippen LogP contribution in [-0.2, 0) is 0 Å². The van der Waals surface area contributed by atoms with Crippen molar-refractivity contribution < 1.29 is 9.09 Å². The second-order valence-corrected chi connectivity index (χ2v) is 1.55. The van der Waals surface area contributed by atoms with Crippen LogP contribution in [0.4, 0.5) is 10.1 Å². The Morgan fingerprint density at radius 2 is 1.90 bits per heavy atom. The number of hydrogen-bond acceptors (Lipinski definition) is 1. The molecule has 0 bridgehead atoms. The van der Waals surface area contributed by atoms with E-state index in [1.54, 1.807) is 6.07 Å². The molecule has 0 aromatic heterocycles. The third-order valence-corrected chi connectivity index (χ3v) is 0.960. The number of diazo groups is 1. The summed E-state index contributed by atoms with van der Waals surface area (Å²) in [5, 5.41) is 8.10. The van der Waals surface area contributed by atoms with Gasteiger partial charge in [0.1, 0.15) is 0 Å². The molecule has 0 aliphatic carbocycles. The molecule has 0 aliphatic rings. The normalized spacial score (nSPS) is 7.60. The molecule has 0 N–H and O–H groups in total. The maximum atomic E-state index is 12.3. The summed E-state index contributed by atoms with van der Waals surface area (Å²) in [6.45, 7) is 0. The number of rotatable bonds is 0. The highest BCUT2D eigenvalue weighted by molar-refractivity contribution is 5.44. The topological polar surface area (TPSA) is 28.1 Å². The lowest BCUT2D eigenvalue weighted by Gasteiger charge is -1.76. The van der Waals surface area contributed by atoms with Gasteiger partial charge in [-0.15, -0.1) is 0 Å². The lowest BCUT2D eigenvalue weighted by atomic mass is 10.3. The van der Waals surface area contributed by atoms with Crippen LogP contribution in [0.25, 0.3) is 4.98 Å². The van der Waals surface area contributed by atoms with Gasteiger partial charge in [-0.05, 0) is 6.07 Å². The third kappa shape index (κ3) is 1.49. The second kappa shape index (κ2) is 3.51. The molecule has 52 valence electrons. The lowest BCUT2D eigenvalue weighted by Crippen LogP contribution is -3.00. The minimum atomic E-state index is -0.514. The third-order valence-electron chi connectivity index (χ3n) is 0.960. The summed E-state index contributed by atoms with van der Waals surface area (Å²) in [4.78, 5) is 2.70. The highest BCUT2D eigenvalue weighted by Crippen LogP contribution is 2.14. The molecule has 1 aromatic carbocycles. The number of benzene rings is 1. The van der Waals surface area contributed by atoms with Gasteiger partial charge in [0.25, 0.3) is 0 Å². The van der Waals surface area contributed by atoms with E-state index in [0.717, 1.165) is 0 Å². The van der Waals surface area contributed by atoms with Crippen molar-refractivity contribution >= 4 is 5.69 Å². The predicted octanol–water partition coefficient (Wildman–Crippen LogP) is -0.686. The van der Waals surface area contributed by atoms with Gasteiger partial charge in [-0.25, -0.2) is 0 Å². The average molecular weight is 142 g/mol. The molecule has 2 nitrogen and oxygen atoms in total. The van der Waals surface area contributed by atoms with Gasteiger partial charge in [0.15, 0.2) is 4.98 Å². The van der Waals surface area contributed by atoms with Crippen LogP contribution in [0.3, 0.4) is 0 Å². The van der Waals surface area contributed by atoms with Gasteiger partial charge in [-0.3, -0.25) is 0 Å². The highest BCUT2D eigenvalue weighted by Gasteiger charge is 2.09. The molecule has 0 aliphatic heterocycles. The molecule has 0 saturated heterocycles. The molecule has 0 spiro atoms. The molecule has 0 unspecified atom stereocenters. The summed E-state index contributed by atoms with van der Waals surface area (Å²) >= 11 is 0. The molecule has 1 rings (SSSR count). The van der Waals surface area contributed by atoms with Crippen molar-refractivity contribution in [3.63, 3.8) is 0 Å². The van der Waals surface area contributed by atoms with Crippen LogP contribution in [-0.4, -0.2) is 0 Å². The Labute approximate surface area is 56.3 Å². The smallest absolute Gasteiger partial charge is 0.420 e. The Hall–Kier alpha value is -1.50. The molecular weight excluding hydrogens is 138 g/mol. The zero-order chi connectivity index (χ0) is 6.69. The first-order valence-electron chi connectivity index (χ1n) is 2.44. The summed E-state index contributed by atoms with van der Waals surface area (Å²) in [6.07, 6.45) is 0. The Kier molecular flexibility index (Phi) is 2.98. The molecule has 0 fully saturated rings. The second-order valence-electron chi connectivity index (χ2n) is 1.55. The first-order valence-corrected chi connectivity index (χ1v) is 2.44. The molecule has 0 saturated carbocycles. The van der Waals surface area contributed by atoms with Crippen LogP contribution in [0.5, 0.6) is 0 Å². The quantitative estimate of drug-likeness (QED) is 0.441. The Balaban J connectivity index is 0.000000810. The van der Waals surface area contributed by atoms with Gasteiger partial charge in [-0.2, -0.15) is 4.39 Å². The largest absolute Gasteiger partial charge is 1.00 e. The summed E-state index contributed by atoms with van der Waals surface area (Å²) < 4.78 is 12.3. The van der Waals surface area contributed by atoms with Gasteiger partial charge < -0.3 is 4.70 Å². The minimum Gasteiger partial charge on any atom is -1.00 e. The summed E-state index contributed by atoms with van der Waals surface area (Å²) in [7, 11) is 0. The van der Waals surface area contributed by atoms with E-state index in [0.29, 0.717) is 0 Å². The molecule has 0 amide bonds. The predicted molar refractivity (Wildman–Crippen MR) is 31.1 cm³/mol. The molecule has 1 aromatic rings. The van der Waals surface area contributed by atoms with Crippen molar-refractivity contribution in [3.8, 4) is 0 Å². The standard InChI is InChI=1S/C6H4FN2.FH/c7-5-3-1-2-4-6(5)9-8;/h1-4H;1H/q+1;/p-1. The number of nitrogens with zero attached hydrogens (tertiary/aromatic N) is 2. The van der Waals surface area contributed by atoms with Gasteiger partial charge in [0.2, 0.25) is 11.2 Å². The first-order chi connectivity index (χ1) is 4.34. The van der Waals surface area contributed by atoms with Crippen LogP contribution >= 0.6 is 0 Å². The summed E-state index contributed by atoms with van der Waals surface area (Å²) in [5.74, 6) is -0.514. The van der Waals surface area contributed by atoms with Gasteiger partial charge >= 0.3 is 5.69 Å².